The van der Waals surface area contributed by atoms with Gasteiger partial charge in [-0.25, -0.2) is 0 Å². The second-order valence-electron chi connectivity index (χ2n) is 4.45. The Labute approximate surface area is 137 Å². The molecular formula is C14H30HfO4. The SMILES string of the molecule is CCCCOC(CO)(OCCCC)OCCCC.[Hf]. The first-order valence-electron chi connectivity index (χ1n) is 7.27. The molecule has 0 aliphatic rings. The van der Waals surface area contributed by atoms with Crippen molar-refractivity contribution in [1.29, 1.82) is 0 Å². The fourth-order valence-corrected chi connectivity index (χ4v) is 1.38. The van der Waals surface area contributed by atoms with Gasteiger partial charge in [0, 0.05) is 25.8 Å². The number of unbranched alkanes of at least 4 members (excludes halogenated alkanes) is 3. The summed E-state index contributed by atoms with van der Waals surface area (Å²) in [5.41, 5.74) is 0. The summed E-state index contributed by atoms with van der Waals surface area (Å²) < 4.78 is 16.9. The number of hydrogen-bond donors (Lipinski definition) is 1. The van der Waals surface area contributed by atoms with Gasteiger partial charge in [0.15, 0.2) is 0 Å². The van der Waals surface area contributed by atoms with Crippen molar-refractivity contribution >= 4 is 0 Å². The molecule has 0 fully saturated rings. The smallest absolute Gasteiger partial charge is 0.307 e. The molecule has 0 bridgehead atoms. The molecule has 1 N–H and O–H groups in total. The van der Waals surface area contributed by atoms with E-state index in [1.165, 1.54) is 0 Å². The minimum absolute atomic E-state index is 0. The van der Waals surface area contributed by atoms with Crippen molar-refractivity contribution in [3.8, 4) is 0 Å². The molecule has 19 heavy (non-hydrogen) atoms. The van der Waals surface area contributed by atoms with Gasteiger partial charge in [-0.2, -0.15) is 0 Å². The molecule has 0 aliphatic carbocycles. The Bertz CT molecular complexity index is 152. The first-order chi connectivity index (χ1) is 8.74. The van der Waals surface area contributed by atoms with Crippen LogP contribution in [0.5, 0.6) is 0 Å². The van der Waals surface area contributed by atoms with Gasteiger partial charge in [-0.1, -0.05) is 40.0 Å². The van der Waals surface area contributed by atoms with Crippen molar-refractivity contribution in [3.05, 3.63) is 0 Å². The van der Waals surface area contributed by atoms with Crippen LogP contribution in [0.4, 0.5) is 0 Å². The van der Waals surface area contributed by atoms with Crippen LogP contribution in [0, 0.1) is 0 Å². The molecule has 0 aromatic heterocycles. The summed E-state index contributed by atoms with van der Waals surface area (Å²) in [5, 5.41) is 9.50. The second kappa shape index (κ2) is 15.1. The number of aliphatic hydroxyl groups is 1. The Morgan fingerprint density at radius 1 is 0.737 bits per heavy atom. The number of rotatable bonds is 13. The van der Waals surface area contributed by atoms with E-state index in [9.17, 15) is 5.11 Å². The summed E-state index contributed by atoms with van der Waals surface area (Å²) in [6.45, 7) is 7.68. The standard InChI is InChI=1S/C14H30O4.Hf/c1-4-7-10-16-14(13-15,17-11-8-5-2)18-12-9-6-3;/h15H,4-13H2,1-3H3;. The molecule has 0 amide bonds. The number of hydrogen-bond acceptors (Lipinski definition) is 4. The molecule has 0 heterocycles. The van der Waals surface area contributed by atoms with Crippen LogP contribution in [0.2, 0.25) is 0 Å². The molecule has 0 aliphatic heterocycles. The minimum Gasteiger partial charge on any atom is -0.388 e. The summed E-state index contributed by atoms with van der Waals surface area (Å²) in [6, 6.07) is 0. The van der Waals surface area contributed by atoms with E-state index in [2.05, 4.69) is 20.8 Å². The molecule has 5 heteroatoms. The van der Waals surface area contributed by atoms with Crippen LogP contribution < -0.4 is 0 Å². The third-order valence-electron chi connectivity index (χ3n) is 2.65. The monoisotopic (exact) mass is 442 g/mol. The van der Waals surface area contributed by atoms with Crippen LogP contribution in [0.15, 0.2) is 0 Å². The molecule has 0 saturated heterocycles. The Morgan fingerprint density at radius 3 is 1.26 bits per heavy atom. The molecule has 0 spiro atoms. The quantitative estimate of drug-likeness (QED) is 0.272. The summed E-state index contributed by atoms with van der Waals surface area (Å²) in [5.74, 6) is -1.25. The van der Waals surface area contributed by atoms with E-state index in [0.717, 1.165) is 38.5 Å². The summed E-state index contributed by atoms with van der Waals surface area (Å²) in [6.07, 6.45) is 5.96. The van der Waals surface area contributed by atoms with E-state index < -0.39 is 5.97 Å². The van der Waals surface area contributed by atoms with E-state index >= 15 is 0 Å². The maximum absolute atomic E-state index is 9.50. The Morgan fingerprint density at radius 2 is 1.05 bits per heavy atom. The van der Waals surface area contributed by atoms with Crippen LogP contribution in [-0.2, 0) is 40.1 Å². The number of aliphatic hydroxyl groups excluding tert-OH is 1. The van der Waals surface area contributed by atoms with Crippen molar-refractivity contribution in [1.82, 2.24) is 0 Å². The van der Waals surface area contributed by atoms with Crippen molar-refractivity contribution in [2.45, 2.75) is 65.3 Å². The fraction of sp³-hybridized carbons (Fsp3) is 1.00. The molecule has 114 valence electrons. The first-order valence-corrected chi connectivity index (χ1v) is 7.27. The molecule has 0 aromatic rings. The van der Waals surface area contributed by atoms with Gasteiger partial charge in [0.25, 0.3) is 0 Å². The van der Waals surface area contributed by atoms with Gasteiger partial charge in [0.2, 0.25) is 0 Å². The topological polar surface area (TPSA) is 47.9 Å². The van der Waals surface area contributed by atoms with Gasteiger partial charge in [-0.05, 0) is 19.3 Å². The molecule has 0 atom stereocenters. The van der Waals surface area contributed by atoms with Crippen molar-refractivity contribution in [2.24, 2.45) is 0 Å². The van der Waals surface area contributed by atoms with Crippen LogP contribution in [-0.4, -0.2) is 37.5 Å². The van der Waals surface area contributed by atoms with Crippen molar-refractivity contribution < 1.29 is 45.2 Å². The minimum atomic E-state index is -1.25. The average Bonchev–Trinajstić information content (AvgIpc) is 2.39. The normalized spacial score (nSPS) is 11.4. The molecule has 4 nitrogen and oxygen atoms in total. The molecule has 0 aromatic carbocycles. The van der Waals surface area contributed by atoms with Gasteiger partial charge in [0.1, 0.15) is 6.61 Å². The first kappa shape index (κ1) is 22.0. The van der Waals surface area contributed by atoms with Gasteiger partial charge in [-0.3, -0.25) is 0 Å². The van der Waals surface area contributed by atoms with Crippen molar-refractivity contribution in [2.75, 3.05) is 26.4 Å². The van der Waals surface area contributed by atoms with E-state index in [0.29, 0.717) is 19.8 Å². The molecular weight excluding hydrogens is 411 g/mol. The Balaban J connectivity index is 0. The zero-order chi connectivity index (χ0) is 13.7. The zero-order valence-corrected chi connectivity index (χ0v) is 16.3. The van der Waals surface area contributed by atoms with Gasteiger partial charge < -0.3 is 19.3 Å². The Hall–Kier alpha value is 0.710. The maximum atomic E-state index is 9.50. The van der Waals surface area contributed by atoms with Crippen LogP contribution >= 0.6 is 0 Å². The van der Waals surface area contributed by atoms with Gasteiger partial charge in [-0.15, -0.1) is 0 Å². The largest absolute Gasteiger partial charge is 0.388 e. The third-order valence-corrected chi connectivity index (χ3v) is 2.65. The van der Waals surface area contributed by atoms with Crippen molar-refractivity contribution in [3.63, 3.8) is 0 Å². The fourth-order valence-electron chi connectivity index (χ4n) is 1.38. The Kier molecular flexibility index (Phi) is 17.5. The number of ether oxygens (including phenoxy) is 3. The summed E-state index contributed by atoms with van der Waals surface area (Å²) in [4.78, 5) is 0. The van der Waals surface area contributed by atoms with Crippen LogP contribution in [0.1, 0.15) is 59.3 Å². The molecule has 0 radical (unpaired) electrons. The van der Waals surface area contributed by atoms with Gasteiger partial charge in [0.05, 0.1) is 19.8 Å². The van der Waals surface area contributed by atoms with E-state index in [-0.39, 0.29) is 32.5 Å². The van der Waals surface area contributed by atoms with E-state index in [1.54, 1.807) is 0 Å². The van der Waals surface area contributed by atoms with Gasteiger partial charge >= 0.3 is 5.97 Å². The average molecular weight is 441 g/mol. The van der Waals surface area contributed by atoms with Crippen LogP contribution in [0.3, 0.4) is 0 Å². The molecule has 0 rings (SSSR count). The third kappa shape index (κ3) is 11.1. The molecule has 0 unspecified atom stereocenters. The predicted molar refractivity (Wildman–Crippen MR) is 72.4 cm³/mol. The maximum Gasteiger partial charge on any atom is 0.307 e. The van der Waals surface area contributed by atoms with Crippen LogP contribution in [0.25, 0.3) is 0 Å². The van der Waals surface area contributed by atoms with E-state index in [1.807, 2.05) is 0 Å². The predicted octanol–water partition coefficient (Wildman–Crippen LogP) is 3.08. The van der Waals surface area contributed by atoms with E-state index in [4.69, 9.17) is 14.2 Å². The zero-order valence-electron chi connectivity index (χ0n) is 12.7. The molecule has 0 saturated carbocycles. The summed E-state index contributed by atoms with van der Waals surface area (Å²) in [7, 11) is 0. The second-order valence-corrected chi connectivity index (χ2v) is 4.45. The summed E-state index contributed by atoms with van der Waals surface area (Å²) >= 11 is 0.